The van der Waals surface area contributed by atoms with Crippen molar-refractivity contribution in [2.24, 2.45) is 11.5 Å². The molecule has 0 radical (unpaired) electrons. The van der Waals surface area contributed by atoms with Crippen LogP contribution in [0.3, 0.4) is 0 Å². The molecule has 1 amide bonds. The first-order valence-corrected chi connectivity index (χ1v) is 6.14. The van der Waals surface area contributed by atoms with E-state index in [2.05, 4.69) is 10.1 Å². The van der Waals surface area contributed by atoms with Crippen LogP contribution in [-0.2, 0) is 19.1 Å². The van der Waals surface area contributed by atoms with Gasteiger partial charge in [0, 0.05) is 0 Å². The molecule has 0 aliphatic rings. The van der Waals surface area contributed by atoms with Crippen LogP contribution in [0.2, 0.25) is 0 Å². The second-order valence-corrected chi connectivity index (χ2v) is 4.05. The molecule has 7 nitrogen and oxygen atoms in total. The van der Waals surface area contributed by atoms with Crippen LogP contribution >= 0.6 is 0 Å². The number of nitrogens with two attached hydrogens (primary N) is 2. The number of carbonyl (C=O) groups is 3. The third-order valence-electron chi connectivity index (χ3n) is 2.65. The standard InChI is InChI=1S/C14H17N3O4/c1-21-14(20)13(16)12(9-5-3-2-4-6-9)10(18)8-17-11(19)7-15/h2-6H,7-8,15-16H2,1H3,(H,17,19). The summed E-state index contributed by atoms with van der Waals surface area (Å²) in [7, 11) is 1.17. The van der Waals surface area contributed by atoms with Gasteiger partial charge in [-0.15, -0.1) is 0 Å². The maximum Gasteiger partial charge on any atom is 0.354 e. The molecule has 0 atom stereocenters. The quantitative estimate of drug-likeness (QED) is 0.464. The Bertz CT molecular complexity index is 567. The molecular formula is C14H17N3O4. The van der Waals surface area contributed by atoms with Crippen molar-refractivity contribution >= 4 is 23.2 Å². The van der Waals surface area contributed by atoms with Crippen molar-refractivity contribution in [1.29, 1.82) is 0 Å². The minimum absolute atomic E-state index is 0.000212. The van der Waals surface area contributed by atoms with Gasteiger partial charge in [0.2, 0.25) is 5.91 Å². The summed E-state index contributed by atoms with van der Waals surface area (Å²) in [4.78, 5) is 34.9. The van der Waals surface area contributed by atoms with Crippen molar-refractivity contribution in [3.63, 3.8) is 0 Å². The van der Waals surface area contributed by atoms with E-state index < -0.39 is 17.7 Å². The molecule has 1 aromatic rings. The average molecular weight is 291 g/mol. The van der Waals surface area contributed by atoms with Gasteiger partial charge in [-0.1, -0.05) is 30.3 Å². The first-order chi connectivity index (χ1) is 10.0. The van der Waals surface area contributed by atoms with Crippen LogP contribution in [-0.4, -0.2) is 37.9 Å². The summed E-state index contributed by atoms with van der Waals surface area (Å²) in [5.41, 5.74) is 11.0. The maximum atomic E-state index is 12.2. The largest absolute Gasteiger partial charge is 0.464 e. The van der Waals surface area contributed by atoms with Crippen molar-refractivity contribution in [3.05, 3.63) is 41.6 Å². The molecule has 112 valence electrons. The number of esters is 1. The van der Waals surface area contributed by atoms with E-state index in [-0.39, 0.29) is 24.4 Å². The Hall–Kier alpha value is -2.67. The molecule has 0 saturated heterocycles. The van der Waals surface area contributed by atoms with Gasteiger partial charge in [0.25, 0.3) is 0 Å². The minimum Gasteiger partial charge on any atom is -0.464 e. The van der Waals surface area contributed by atoms with Gasteiger partial charge in [0.05, 0.1) is 25.8 Å². The van der Waals surface area contributed by atoms with E-state index in [1.165, 1.54) is 7.11 Å². The number of ether oxygens (including phenoxy) is 1. The summed E-state index contributed by atoms with van der Waals surface area (Å²) in [5, 5.41) is 2.34. The Balaban J connectivity index is 3.12. The van der Waals surface area contributed by atoms with Crippen LogP contribution in [0.4, 0.5) is 0 Å². The number of benzene rings is 1. The van der Waals surface area contributed by atoms with E-state index in [0.717, 1.165) is 0 Å². The fraction of sp³-hybridized carbons (Fsp3) is 0.214. The zero-order valence-corrected chi connectivity index (χ0v) is 11.6. The fourth-order valence-corrected chi connectivity index (χ4v) is 1.62. The van der Waals surface area contributed by atoms with Crippen molar-refractivity contribution in [3.8, 4) is 0 Å². The maximum absolute atomic E-state index is 12.2. The molecule has 1 rings (SSSR count). The smallest absolute Gasteiger partial charge is 0.354 e. The molecule has 0 aliphatic heterocycles. The number of carbonyl (C=O) groups excluding carboxylic acids is 3. The highest BCUT2D eigenvalue weighted by atomic mass is 16.5. The lowest BCUT2D eigenvalue weighted by Gasteiger charge is -2.11. The normalized spacial score (nSPS) is 11.3. The van der Waals surface area contributed by atoms with E-state index >= 15 is 0 Å². The number of Topliss-reactive ketones (excluding diaryl/α,β-unsaturated/α-hetero) is 1. The molecular weight excluding hydrogens is 274 g/mol. The molecule has 1 aromatic carbocycles. The molecule has 5 N–H and O–H groups in total. The average Bonchev–Trinajstić information content (AvgIpc) is 2.52. The van der Waals surface area contributed by atoms with Gasteiger partial charge in [0.15, 0.2) is 5.78 Å². The summed E-state index contributed by atoms with van der Waals surface area (Å²) >= 11 is 0. The zero-order chi connectivity index (χ0) is 15.8. The molecule has 0 aliphatic carbocycles. The lowest BCUT2D eigenvalue weighted by atomic mass is 9.99. The number of ketones is 1. The van der Waals surface area contributed by atoms with E-state index in [9.17, 15) is 14.4 Å². The molecule has 7 heteroatoms. The van der Waals surface area contributed by atoms with Gasteiger partial charge in [-0.05, 0) is 5.56 Å². The Labute approximate surface area is 121 Å². The predicted octanol–water partition coefficient (Wildman–Crippen LogP) is -0.827. The first-order valence-electron chi connectivity index (χ1n) is 6.14. The van der Waals surface area contributed by atoms with E-state index in [0.29, 0.717) is 5.56 Å². The van der Waals surface area contributed by atoms with Crippen LogP contribution in [0.15, 0.2) is 36.0 Å². The number of methoxy groups -OCH3 is 1. The van der Waals surface area contributed by atoms with E-state index in [1.807, 2.05) is 0 Å². The molecule has 0 heterocycles. The second-order valence-electron chi connectivity index (χ2n) is 4.05. The van der Waals surface area contributed by atoms with Gasteiger partial charge in [0.1, 0.15) is 5.70 Å². The highest BCUT2D eigenvalue weighted by Gasteiger charge is 2.21. The monoisotopic (exact) mass is 291 g/mol. The highest BCUT2D eigenvalue weighted by molar-refractivity contribution is 6.26. The Kier molecular flexibility index (Phi) is 6.09. The number of rotatable bonds is 6. The van der Waals surface area contributed by atoms with Crippen LogP contribution in [0.5, 0.6) is 0 Å². The number of amides is 1. The van der Waals surface area contributed by atoms with Gasteiger partial charge < -0.3 is 21.5 Å². The van der Waals surface area contributed by atoms with Crippen molar-refractivity contribution in [2.75, 3.05) is 20.2 Å². The summed E-state index contributed by atoms with van der Waals surface area (Å²) in [6, 6.07) is 8.43. The molecule has 0 saturated carbocycles. The third kappa shape index (κ3) is 4.43. The summed E-state index contributed by atoms with van der Waals surface area (Å²) < 4.78 is 4.53. The highest BCUT2D eigenvalue weighted by Crippen LogP contribution is 2.18. The predicted molar refractivity (Wildman–Crippen MR) is 76.6 cm³/mol. The molecule has 0 aromatic heterocycles. The van der Waals surface area contributed by atoms with Crippen LogP contribution in [0.1, 0.15) is 5.56 Å². The third-order valence-corrected chi connectivity index (χ3v) is 2.65. The Morgan fingerprint density at radius 2 is 1.81 bits per heavy atom. The van der Waals surface area contributed by atoms with Crippen LogP contribution in [0.25, 0.3) is 5.57 Å². The SMILES string of the molecule is COC(=O)C(N)=C(C(=O)CNC(=O)CN)c1ccccc1. The van der Waals surface area contributed by atoms with Gasteiger partial charge in [-0.2, -0.15) is 0 Å². The van der Waals surface area contributed by atoms with Crippen molar-refractivity contribution < 1.29 is 19.1 Å². The van der Waals surface area contributed by atoms with Crippen molar-refractivity contribution in [1.82, 2.24) is 5.32 Å². The lowest BCUT2D eigenvalue weighted by Crippen LogP contribution is -2.35. The van der Waals surface area contributed by atoms with Gasteiger partial charge in [-0.25, -0.2) is 4.79 Å². The van der Waals surface area contributed by atoms with Crippen LogP contribution < -0.4 is 16.8 Å². The molecule has 0 fully saturated rings. The van der Waals surface area contributed by atoms with E-state index in [1.54, 1.807) is 30.3 Å². The first kappa shape index (κ1) is 16.4. The number of hydrogen-bond donors (Lipinski definition) is 3. The lowest BCUT2D eigenvalue weighted by molar-refractivity contribution is -0.136. The van der Waals surface area contributed by atoms with Gasteiger partial charge >= 0.3 is 5.97 Å². The zero-order valence-electron chi connectivity index (χ0n) is 11.6. The number of nitrogens with one attached hydrogen (secondary N) is 1. The molecule has 0 bridgehead atoms. The van der Waals surface area contributed by atoms with Gasteiger partial charge in [-0.3, -0.25) is 9.59 Å². The Morgan fingerprint density at radius 1 is 1.19 bits per heavy atom. The molecule has 0 spiro atoms. The van der Waals surface area contributed by atoms with Crippen molar-refractivity contribution in [2.45, 2.75) is 0 Å². The minimum atomic E-state index is -0.813. The van der Waals surface area contributed by atoms with Crippen LogP contribution in [0, 0.1) is 0 Å². The molecule has 21 heavy (non-hydrogen) atoms. The topological polar surface area (TPSA) is 125 Å². The second kappa shape index (κ2) is 7.81. The Morgan fingerprint density at radius 3 is 2.33 bits per heavy atom. The summed E-state index contributed by atoms with van der Waals surface area (Å²) in [5.74, 6) is -1.80. The number of hydrogen-bond acceptors (Lipinski definition) is 6. The summed E-state index contributed by atoms with van der Waals surface area (Å²) in [6.07, 6.45) is 0. The molecule has 0 unspecified atom stereocenters. The fourth-order valence-electron chi connectivity index (χ4n) is 1.62. The summed E-state index contributed by atoms with van der Waals surface area (Å²) in [6.45, 7) is -0.540. The van der Waals surface area contributed by atoms with E-state index in [4.69, 9.17) is 11.5 Å².